The van der Waals surface area contributed by atoms with Crippen LogP contribution in [-0.4, -0.2) is 11.2 Å². The predicted molar refractivity (Wildman–Crippen MR) is 53.9 cm³/mol. The molecule has 5 heteroatoms. The first-order valence-corrected chi connectivity index (χ1v) is 4.67. The lowest BCUT2D eigenvalue weighted by molar-refractivity contribution is -0.382. The molecule has 0 fully saturated rings. The van der Waals surface area contributed by atoms with E-state index in [1.165, 1.54) is 0 Å². The van der Waals surface area contributed by atoms with Gasteiger partial charge in [0.2, 0.25) is 0 Å². The molecule has 0 spiro atoms. The number of hydrogen-bond acceptors (Lipinski definition) is 4. The van der Waals surface area contributed by atoms with Gasteiger partial charge >= 0.3 is 0 Å². The van der Waals surface area contributed by atoms with Gasteiger partial charge in [-0.05, 0) is 12.1 Å². The van der Waals surface area contributed by atoms with Gasteiger partial charge in [-0.2, -0.15) is 0 Å². The summed E-state index contributed by atoms with van der Waals surface area (Å²) in [4.78, 5) is 21.0. The van der Waals surface area contributed by atoms with Crippen molar-refractivity contribution in [1.82, 2.24) is 0 Å². The van der Waals surface area contributed by atoms with Crippen LogP contribution in [-0.2, 0) is 0 Å². The highest BCUT2D eigenvalue weighted by Crippen LogP contribution is 2.35. The Labute approximate surface area is 82.9 Å². The number of nitrogens with zero attached hydrogens (tertiary/aromatic N) is 1. The number of carbonyl (C=O) groups is 1. The quantitative estimate of drug-likeness (QED) is 0.432. The van der Waals surface area contributed by atoms with E-state index in [1.54, 1.807) is 24.3 Å². The lowest BCUT2D eigenvalue weighted by Gasteiger charge is -1.88. The number of rotatable bonds is 2. The third-order valence-electron chi connectivity index (χ3n) is 1.89. The van der Waals surface area contributed by atoms with Crippen LogP contribution in [0.25, 0.3) is 10.1 Å². The highest BCUT2D eigenvalue weighted by molar-refractivity contribution is 7.21. The molecule has 0 amide bonds. The highest BCUT2D eigenvalue weighted by atomic mass is 32.1. The highest BCUT2D eigenvalue weighted by Gasteiger charge is 2.20. The lowest BCUT2D eigenvalue weighted by Crippen LogP contribution is -1.89. The van der Waals surface area contributed by atoms with Gasteiger partial charge in [0.25, 0.3) is 5.69 Å². The van der Waals surface area contributed by atoms with Gasteiger partial charge in [0.15, 0.2) is 6.29 Å². The summed E-state index contributed by atoms with van der Waals surface area (Å²) < 4.78 is 0.765. The van der Waals surface area contributed by atoms with Gasteiger partial charge in [-0.15, -0.1) is 11.3 Å². The fraction of sp³-hybridized carbons (Fsp3) is 0. The fourth-order valence-corrected chi connectivity index (χ4v) is 2.31. The molecule has 70 valence electrons. The molecule has 14 heavy (non-hydrogen) atoms. The molecule has 0 radical (unpaired) electrons. The summed E-state index contributed by atoms with van der Waals surface area (Å²) in [5.41, 5.74) is -0.0828. The van der Waals surface area contributed by atoms with E-state index in [2.05, 4.69) is 0 Å². The van der Waals surface area contributed by atoms with E-state index in [9.17, 15) is 14.9 Å². The molecule has 0 N–H and O–H groups in total. The Morgan fingerprint density at radius 1 is 1.36 bits per heavy atom. The summed E-state index contributed by atoms with van der Waals surface area (Å²) in [5, 5.41) is 11.2. The maximum absolute atomic E-state index is 10.7. The van der Waals surface area contributed by atoms with Crippen molar-refractivity contribution in [2.75, 3.05) is 0 Å². The third kappa shape index (κ3) is 1.18. The summed E-state index contributed by atoms with van der Waals surface area (Å²) in [6.07, 6.45) is 0.531. The maximum atomic E-state index is 10.7. The van der Waals surface area contributed by atoms with E-state index in [1.807, 2.05) is 0 Å². The maximum Gasteiger partial charge on any atom is 0.298 e. The molecule has 1 heterocycles. The number of thiophene rings is 1. The zero-order valence-electron chi connectivity index (χ0n) is 6.97. The molecule has 0 aliphatic heterocycles. The minimum absolute atomic E-state index is 0.0828. The van der Waals surface area contributed by atoms with E-state index in [0.29, 0.717) is 11.7 Å². The minimum atomic E-state index is -0.511. The number of fused-ring (bicyclic) bond motifs is 1. The van der Waals surface area contributed by atoms with Crippen LogP contribution in [0.1, 0.15) is 9.67 Å². The molecule has 0 atom stereocenters. The van der Waals surface area contributed by atoms with Gasteiger partial charge in [-0.3, -0.25) is 14.9 Å². The van der Waals surface area contributed by atoms with Crippen molar-refractivity contribution in [1.29, 1.82) is 0 Å². The van der Waals surface area contributed by atoms with Crippen molar-refractivity contribution in [3.05, 3.63) is 39.3 Å². The first-order valence-electron chi connectivity index (χ1n) is 3.85. The molecule has 0 aliphatic rings. The second-order valence-electron chi connectivity index (χ2n) is 2.69. The van der Waals surface area contributed by atoms with Crippen molar-refractivity contribution in [2.24, 2.45) is 0 Å². The van der Waals surface area contributed by atoms with Crippen LogP contribution in [0.5, 0.6) is 0 Å². The molecule has 2 rings (SSSR count). The molecule has 1 aromatic heterocycles. The van der Waals surface area contributed by atoms with Gasteiger partial charge in [0.05, 0.1) is 10.3 Å². The number of aldehydes is 1. The van der Waals surface area contributed by atoms with E-state index < -0.39 is 4.92 Å². The van der Waals surface area contributed by atoms with Crippen molar-refractivity contribution in [3.8, 4) is 0 Å². The van der Waals surface area contributed by atoms with E-state index in [-0.39, 0.29) is 10.6 Å². The normalized spacial score (nSPS) is 10.3. The summed E-state index contributed by atoms with van der Waals surface area (Å²) in [6, 6.07) is 6.92. The smallest absolute Gasteiger partial charge is 0.297 e. The Bertz CT molecular complexity index is 518. The van der Waals surface area contributed by atoms with E-state index in [4.69, 9.17) is 0 Å². The summed E-state index contributed by atoms with van der Waals surface area (Å²) >= 11 is 1.14. The largest absolute Gasteiger partial charge is 0.298 e. The lowest BCUT2D eigenvalue weighted by atomic mass is 10.2. The SMILES string of the molecule is O=Cc1sc2ccccc2c1[N+](=O)[O-]. The molecular formula is C9H5NO3S. The zero-order valence-corrected chi connectivity index (χ0v) is 7.78. The number of hydrogen-bond donors (Lipinski definition) is 0. The molecule has 0 unspecified atom stereocenters. The fourth-order valence-electron chi connectivity index (χ4n) is 1.32. The van der Waals surface area contributed by atoms with Crippen molar-refractivity contribution in [3.63, 3.8) is 0 Å². The first kappa shape index (κ1) is 8.83. The molecule has 0 saturated heterocycles. The standard InChI is InChI=1S/C9H5NO3S/c11-5-8-9(10(12)13)6-3-1-2-4-7(6)14-8/h1-5H. The number of nitro groups is 1. The first-order chi connectivity index (χ1) is 6.74. The molecule has 1 aromatic carbocycles. The van der Waals surface area contributed by atoms with E-state index >= 15 is 0 Å². The van der Waals surface area contributed by atoms with Gasteiger partial charge in [0, 0.05) is 4.70 Å². The second-order valence-corrected chi connectivity index (χ2v) is 3.77. The monoisotopic (exact) mass is 207 g/mol. The summed E-state index contributed by atoms with van der Waals surface area (Å²) in [5.74, 6) is 0. The topological polar surface area (TPSA) is 60.2 Å². The average Bonchev–Trinajstić information content (AvgIpc) is 2.55. The molecule has 4 nitrogen and oxygen atoms in total. The van der Waals surface area contributed by atoms with Crippen LogP contribution in [0, 0.1) is 10.1 Å². The molecule has 0 aliphatic carbocycles. The van der Waals surface area contributed by atoms with Crippen LogP contribution in [0.15, 0.2) is 24.3 Å². The third-order valence-corrected chi connectivity index (χ3v) is 2.97. The van der Waals surface area contributed by atoms with Crippen LogP contribution in [0.4, 0.5) is 5.69 Å². The van der Waals surface area contributed by atoms with Gasteiger partial charge < -0.3 is 0 Å². The predicted octanol–water partition coefficient (Wildman–Crippen LogP) is 2.62. The van der Waals surface area contributed by atoms with Crippen LogP contribution < -0.4 is 0 Å². The van der Waals surface area contributed by atoms with Crippen molar-refractivity contribution >= 4 is 33.4 Å². The zero-order chi connectivity index (χ0) is 10.1. The van der Waals surface area contributed by atoms with Gasteiger partial charge in [-0.1, -0.05) is 12.1 Å². The van der Waals surface area contributed by atoms with Crippen molar-refractivity contribution < 1.29 is 9.72 Å². The number of carbonyl (C=O) groups excluding carboxylic acids is 1. The summed E-state index contributed by atoms with van der Waals surface area (Å²) in [6.45, 7) is 0. The summed E-state index contributed by atoms with van der Waals surface area (Å²) in [7, 11) is 0. The average molecular weight is 207 g/mol. The van der Waals surface area contributed by atoms with Crippen LogP contribution in [0.2, 0.25) is 0 Å². The Kier molecular flexibility index (Phi) is 2.01. The Morgan fingerprint density at radius 2 is 2.07 bits per heavy atom. The van der Waals surface area contributed by atoms with Gasteiger partial charge in [0.1, 0.15) is 4.88 Å². The number of benzene rings is 1. The Morgan fingerprint density at radius 3 is 2.71 bits per heavy atom. The Balaban J connectivity index is 2.87. The minimum Gasteiger partial charge on any atom is -0.297 e. The molecule has 0 saturated carbocycles. The molecule has 2 aromatic rings. The second kappa shape index (κ2) is 3.19. The Hall–Kier alpha value is -1.75. The van der Waals surface area contributed by atoms with Crippen LogP contribution >= 0.6 is 11.3 Å². The van der Waals surface area contributed by atoms with Gasteiger partial charge in [-0.25, -0.2) is 0 Å². The molecule has 0 bridgehead atoms. The van der Waals surface area contributed by atoms with Crippen LogP contribution in [0.3, 0.4) is 0 Å². The molecular weight excluding hydrogens is 202 g/mol. The van der Waals surface area contributed by atoms with E-state index in [0.717, 1.165) is 16.0 Å². The van der Waals surface area contributed by atoms with Crippen molar-refractivity contribution in [2.45, 2.75) is 0 Å².